The second-order valence-corrected chi connectivity index (χ2v) is 11.9. The van der Waals surface area contributed by atoms with Crippen LogP contribution in [-0.4, -0.2) is 33.6 Å². The van der Waals surface area contributed by atoms with E-state index in [-0.39, 0.29) is 22.3 Å². The predicted molar refractivity (Wildman–Crippen MR) is 130 cm³/mol. The summed E-state index contributed by atoms with van der Waals surface area (Å²) in [7, 11) is -3.69. The second-order valence-electron chi connectivity index (χ2n) is 10.2. The normalized spacial score (nSPS) is 20.2. The number of carbonyl (C=O) groups is 1. The molecule has 1 unspecified atom stereocenters. The third-order valence-corrected chi connectivity index (χ3v) is 8.27. The molecule has 2 fully saturated rings. The van der Waals surface area contributed by atoms with E-state index in [0.29, 0.717) is 12.2 Å². The molecule has 1 aliphatic carbocycles. The second kappa shape index (κ2) is 9.11. The molecule has 1 heterocycles. The van der Waals surface area contributed by atoms with E-state index in [4.69, 9.17) is 4.74 Å². The van der Waals surface area contributed by atoms with Crippen LogP contribution >= 0.6 is 0 Å². The van der Waals surface area contributed by atoms with Crippen LogP contribution in [0.25, 0.3) is 0 Å². The lowest BCUT2D eigenvalue weighted by Crippen LogP contribution is -2.50. The zero-order valence-electron chi connectivity index (χ0n) is 19.7. The van der Waals surface area contributed by atoms with E-state index < -0.39 is 15.4 Å². The van der Waals surface area contributed by atoms with Crippen LogP contribution in [0.1, 0.15) is 64.0 Å². The molecule has 6 nitrogen and oxygen atoms in total. The number of nitrogens with one attached hydrogen (secondary N) is 2. The molecule has 1 atom stereocenters. The Hall–Kier alpha value is -2.38. The van der Waals surface area contributed by atoms with E-state index in [2.05, 4.69) is 30.8 Å². The summed E-state index contributed by atoms with van der Waals surface area (Å²) in [4.78, 5) is 13.2. The van der Waals surface area contributed by atoms with Crippen molar-refractivity contribution in [2.75, 3.05) is 17.9 Å². The average molecular weight is 471 g/mol. The Morgan fingerprint density at radius 2 is 1.70 bits per heavy atom. The Balaban J connectivity index is 1.44. The molecule has 1 saturated heterocycles. The van der Waals surface area contributed by atoms with Gasteiger partial charge in [0.25, 0.3) is 10.0 Å². The van der Waals surface area contributed by atoms with Gasteiger partial charge in [-0.05, 0) is 66.5 Å². The number of amides is 1. The van der Waals surface area contributed by atoms with Gasteiger partial charge in [-0.2, -0.15) is 0 Å². The lowest BCUT2D eigenvalue weighted by atomic mass is 9.63. The van der Waals surface area contributed by atoms with Crippen LogP contribution in [-0.2, 0) is 30.4 Å². The first-order valence-electron chi connectivity index (χ1n) is 11.7. The summed E-state index contributed by atoms with van der Waals surface area (Å²) in [5, 5.41) is 3.08. The Morgan fingerprint density at radius 3 is 2.21 bits per heavy atom. The van der Waals surface area contributed by atoms with Crippen molar-refractivity contribution in [2.45, 2.75) is 74.7 Å². The average Bonchev–Trinajstić information content (AvgIpc) is 3.26. The van der Waals surface area contributed by atoms with Gasteiger partial charge in [0.05, 0.1) is 16.4 Å². The fourth-order valence-electron chi connectivity index (χ4n) is 4.56. The maximum absolute atomic E-state index is 13.0. The van der Waals surface area contributed by atoms with Crippen molar-refractivity contribution < 1.29 is 17.9 Å². The fourth-order valence-corrected chi connectivity index (χ4v) is 5.62. The summed E-state index contributed by atoms with van der Waals surface area (Å²) < 4.78 is 34.0. The number of carbonyl (C=O) groups excluding carboxylic acids is 1. The SMILES string of the molecule is CC(C)(C)c1ccc(S(=O)(=O)Nc2ccc(C3(C(=O)NCC4CCCO4)CCC3)cc2)cc1. The van der Waals surface area contributed by atoms with Crippen molar-refractivity contribution in [3.63, 3.8) is 0 Å². The first-order chi connectivity index (χ1) is 15.6. The van der Waals surface area contributed by atoms with Crippen LogP contribution in [0.3, 0.4) is 0 Å². The molecule has 2 aromatic carbocycles. The Kier molecular flexibility index (Phi) is 6.56. The maximum atomic E-state index is 13.0. The van der Waals surface area contributed by atoms with E-state index in [1.807, 2.05) is 24.3 Å². The molecular weight excluding hydrogens is 436 g/mol. The molecule has 0 bridgehead atoms. The number of hydrogen-bond donors (Lipinski definition) is 2. The van der Waals surface area contributed by atoms with Crippen molar-refractivity contribution >= 4 is 21.6 Å². The van der Waals surface area contributed by atoms with Crippen LogP contribution in [0.15, 0.2) is 53.4 Å². The molecule has 2 N–H and O–H groups in total. The van der Waals surface area contributed by atoms with Crippen LogP contribution in [0, 0.1) is 0 Å². The van der Waals surface area contributed by atoms with Gasteiger partial charge >= 0.3 is 0 Å². The summed E-state index contributed by atoms with van der Waals surface area (Å²) in [5.41, 5.74) is 1.91. The Bertz CT molecular complexity index is 1080. The maximum Gasteiger partial charge on any atom is 0.261 e. The molecule has 33 heavy (non-hydrogen) atoms. The molecule has 1 aliphatic heterocycles. The first-order valence-corrected chi connectivity index (χ1v) is 13.2. The molecule has 0 radical (unpaired) electrons. The highest BCUT2D eigenvalue weighted by molar-refractivity contribution is 7.92. The molecule has 0 aromatic heterocycles. The van der Waals surface area contributed by atoms with E-state index >= 15 is 0 Å². The number of ether oxygens (including phenoxy) is 1. The third-order valence-electron chi connectivity index (χ3n) is 6.88. The number of hydrogen-bond acceptors (Lipinski definition) is 4. The molecular formula is C26H34N2O4S. The summed E-state index contributed by atoms with van der Waals surface area (Å²) in [6.07, 6.45) is 4.75. The highest BCUT2D eigenvalue weighted by atomic mass is 32.2. The Labute approximate surface area is 197 Å². The van der Waals surface area contributed by atoms with E-state index in [9.17, 15) is 13.2 Å². The number of rotatable bonds is 7. The predicted octanol–water partition coefficient (Wildman–Crippen LogP) is 4.50. The number of benzene rings is 2. The van der Waals surface area contributed by atoms with Gasteiger partial charge in [-0.1, -0.05) is 51.5 Å². The summed E-state index contributed by atoms with van der Waals surface area (Å²) in [6.45, 7) is 7.59. The molecule has 1 amide bonds. The number of sulfonamides is 1. The van der Waals surface area contributed by atoms with Gasteiger partial charge in [0, 0.05) is 18.8 Å². The van der Waals surface area contributed by atoms with Crippen LogP contribution in [0.4, 0.5) is 5.69 Å². The van der Waals surface area contributed by atoms with Crippen LogP contribution in [0.2, 0.25) is 0 Å². The topological polar surface area (TPSA) is 84.5 Å². The van der Waals surface area contributed by atoms with E-state index in [0.717, 1.165) is 49.8 Å². The highest BCUT2D eigenvalue weighted by Gasteiger charge is 2.45. The van der Waals surface area contributed by atoms with Crippen molar-refractivity contribution in [1.82, 2.24) is 5.32 Å². The van der Waals surface area contributed by atoms with Crippen LogP contribution in [0.5, 0.6) is 0 Å². The number of anilines is 1. The summed E-state index contributed by atoms with van der Waals surface area (Å²) in [5.74, 6) is 0.0384. The van der Waals surface area contributed by atoms with E-state index in [1.165, 1.54) is 0 Å². The van der Waals surface area contributed by atoms with Crippen LogP contribution < -0.4 is 10.0 Å². The standard InChI is InChI=1S/C26H34N2O4S/c1-25(2,3)19-9-13-23(14-10-19)33(30,31)28-21-11-7-20(8-12-21)26(15-5-16-26)24(29)27-18-22-6-4-17-32-22/h7-14,22,28H,4-6,15-18H2,1-3H3,(H,27,29). The van der Waals surface area contributed by atoms with Gasteiger partial charge in [-0.3, -0.25) is 9.52 Å². The minimum atomic E-state index is -3.69. The quantitative estimate of drug-likeness (QED) is 0.624. The summed E-state index contributed by atoms with van der Waals surface area (Å²) in [6, 6.07) is 14.2. The van der Waals surface area contributed by atoms with Gasteiger partial charge in [0.2, 0.25) is 5.91 Å². The molecule has 178 valence electrons. The van der Waals surface area contributed by atoms with Crippen molar-refractivity contribution in [3.05, 3.63) is 59.7 Å². The lowest BCUT2D eigenvalue weighted by molar-refractivity contribution is -0.130. The van der Waals surface area contributed by atoms with Crippen molar-refractivity contribution in [3.8, 4) is 0 Å². The van der Waals surface area contributed by atoms with Gasteiger partial charge < -0.3 is 10.1 Å². The van der Waals surface area contributed by atoms with Crippen molar-refractivity contribution in [1.29, 1.82) is 0 Å². The lowest BCUT2D eigenvalue weighted by Gasteiger charge is -2.41. The molecule has 1 saturated carbocycles. The molecule has 2 aromatic rings. The Morgan fingerprint density at radius 1 is 1.03 bits per heavy atom. The fraction of sp³-hybridized carbons (Fsp3) is 0.500. The first kappa shape index (κ1) is 23.8. The highest BCUT2D eigenvalue weighted by Crippen LogP contribution is 2.44. The molecule has 7 heteroatoms. The largest absolute Gasteiger partial charge is 0.376 e. The minimum Gasteiger partial charge on any atom is -0.376 e. The third kappa shape index (κ3) is 5.09. The molecule has 2 aliphatic rings. The van der Waals surface area contributed by atoms with E-state index in [1.54, 1.807) is 24.3 Å². The minimum absolute atomic E-state index is 0.0384. The zero-order chi connectivity index (χ0) is 23.7. The molecule has 0 spiro atoms. The zero-order valence-corrected chi connectivity index (χ0v) is 20.5. The van der Waals surface area contributed by atoms with Gasteiger partial charge in [0.1, 0.15) is 0 Å². The van der Waals surface area contributed by atoms with Gasteiger partial charge in [-0.15, -0.1) is 0 Å². The van der Waals surface area contributed by atoms with Gasteiger partial charge in [-0.25, -0.2) is 8.42 Å². The molecule has 4 rings (SSSR count). The van der Waals surface area contributed by atoms with Crippen molar-refractivity contribution in [2.24, 2.45) is 0 Å². The monoisotopic (exact) mass is 470 g/mol. The van der Waals surface area contributed by atoms with Gasteiger partial charge in [0.15, 0.2) is 0 Å². The summed E-state index contributed by atoms with van der Waals surface area (Å²) >= 11 is 0. The smallest absolute Gasteiger partial charge is 0.261 e.